The lowest BCUT2D eigenvalue weighted by molar-refractivity contribution is 0.250. The van der Waals surface area contributed by atoms with Crippen LogP contribution in [0.15, 0.2) is 53.1 Å². The van der Waals surface area contributed by atoms with Crippen LogP contribution in [0.2, 0.25) is 5.02 Å². The Balaban J connectivity index is 1.43. The number of rotatable bonds is 3. The second-order valence-electron chi connectivity index (χ2n) is 6.15. The molecule has 124 valence electrons. The van der Waals surface area contributed by atoms with Gasteiger partial charge < -0.3 is 14.4 Å². The third-order valence-electron chi connectivity index (χ3n) is 4.64. The molecule has 1 N–H and O–H groups in total. The van der Waals surface area contributed by atoms with Crippen molar-refractivity contribution in [1.29, 1.82) is 0 Å². The quantitative estimate of drug-likeness (QED) is 0.777. The van der Waals surface area contributed by atoms with Crippen molar-refractivity contribution in [1.82, 2.24) is 4.90 Å². The lowest BCUT2D eigenvalue weighted by Gasteiger charge is -2.36. The largest absolute Gasteiger partial charge is 0.504 e. The van der Waals surface area contributed by atoms with Gasteiger partial charge in [0.05, 0.1) is 6.26 Å². The van der Waals surface area contributed by atoms with E-state index in [4.69, 9.17) is 16.0 Å². The number of piperazine rings is 1. The third kappa shape index (κ3) is 2.95. The zero-order chi connectivity index (χ0) is 16.5. The summed E-state index contributed by atoms with van der Waals surface area (Å²) in [6.07, 6.45) is 1.63. The van der Waals surface area contributed by atoms with Crippen molar-refractivity contribution in [2.75, 3.05) is 31.1 Å². The van der Waals surface area contributed by atoms with E-state index in [-0.39, 0.29) is 5.75 Å². The van der Waals surface area contributed by atoms with Crippen LogP contribution in [0.1, 0.15) is 5.56 Å². The minimum atomic E-state index is 0.200. The van der Waals surface area contributed by atoms with Crippen LogP contribution in [-0.4, -0.2) is 36.2 Å². The first kappa shape index (κ1) is 15.4. The number of benzene rings is 2. The molecule has 24 heavy (non-hydrogen) atoms. The third-order valence-corrected chi connectivity index (χ3v) is 4.90. The molecule has 0 amide bonds. The maximum absolute atomic E-state index is 9.85. The number of hydrogen-bond acceptors (Lipinski definition) is 4. The molecular weight excluding hydrogens is 324 g/mol. The van der Waals surface area contributed by atoms with Gasteiger partial charge in [-0.2, -0.15) is 0 Å². The average molecular weight is 343 g/mol. The first-order valence-electron chi connectivity index (χ1n) is 8.11. The van der Waals surface area contributed by atoms with Gasteiger partial charge in [0.2, 0.25) is 0 Å². The molecule has 1 saturated heterocycles. The molecule has 1 aliphatic heterocycles. The molecule has 0 radical (unpaired) electrons. The summed E-state index contributed by atoms with van der Waals surface area (Å²) >= 11 is 5.96. The molecule has 0 bridgehead atoms. The van der Waals surface area contributed by atoms with Crippen LogP contribution in [0.3, 0.4) is 0 Å². The van der Waals surface area contributed by atoms with Gasteiger partial charge in [0.15, 0.2) is 11.3 Å². The minimum absolute atomic E-state index is 0.200. The summed E-state index contributed by atoms with van der Waals surface area (Å²) in [6, 6.07) is 13.7. The summed E-state index contributed by atoms with van der Waals surface area (Å²) in [5, 5.41) is 11.6. The summed E-state index contributed by atoms with van der Waals surface area (Å²) < 4.78 is 5.38. The van der Waals surface area contributed by atoms with Crippen LogP contribution in [0.5, 0.6) is 5.75 Å². The first-order chi connectivity index (χ1) is 11.7. The van der Waals surface area contributed by atoms with Crippen molar-refractivity contribution in [2.24, 2.45) is 0 Å². The van der Waals surface area contributed by atoms with Crippen LogP contribution in [0.25, 0.3) is 11.0 Å². The number of furan rings is 1. The number of fused-ring (bicyclic) bond motifs is 1. The summed E-state index contributed by atoms with van der Waals surface area (Å²) in [7, 11) is 0. The van der Waals surface area contributed by atoms with Gasteiger partial charge in [-0.3, -0.25) is 4.90 Å². The highest BCUT2D eigenvalue weighted by Crippen LogP contribution is 2.29. The standard InChI is InChI=1S/C19H19ClN2O2/c20-15-2-4-16(5-3-15)22-10-8-21(9-11-22)13-14-1-6-18(23)19-17(14)7-12-24-19/h1-7,12,23H,8-11,13H2. The average Bonchev–Trinajstić information content (AvgIpc) is 3.10. The van der Waals surface area contributed by atoms with Crippen LogP contribution >= 0.6 is 11.6 Å². The Labute approximate surface area is 145 Å². The van der Waals surface area contributed by atoms with Crippen molar-refractivity contribution in [3.05, 3.63) is 59.3 Å². The molecule has 0 atom stereocenters. The predicted octanol–water partition coefficient (Wildman–Crippen LogP) is 4.11. The summed E-state index contributed by atoms with van der Waals surface area (Å²) in [5.41, 5.74) is 2.99. The molecule has 0 saturated carbocycles. The van der Waals surface area contributed by atoms with E-state index < -0.39 is 0 Å². The Hall–Kier alpha value is -2.17. The zero-order valence-corrected chi connectivity index (χ0v) is 14.0. The van der Waals surface area contributed by atoms with E-state index >= 15 is 0 Å². The van der Waals surface area contributed by atoms with Gasteiger partial charge in [-0.05, 0) is 42.0 Å². The second-order valence-corrected chi connectivity index (χ2v) is 6.58. The number of anilines is 1. The highest BCUT2D eigenvalue weighted by atomic mass is 35.5. The molecule has 1 aromatic heterocycles. The fourth-order valence-corrected chi connectivity index (χ4v) is 3.43. The van der Waals surface area contributed by atoms with Gasteiger partial charge in [-0.15, -0.1) is 0 Å². The van der Waals surface area contributed by atoms with Crippen LogP contribution in [0.4, 0.5) is 5.69 Å². The Morgan fingerprint density at radius 2 is 1.71 bits per heavy atom. The molecule has 1 fully saturated rings. The highest BCUT2D eigenvalue weighted by molar-refractivity contribution is 6.30. The number of nitrogens with zero attached hydrogens (tertiary/aromatic N) is 2. The summed E-state index contributed by atoms with van der Waals surface area (Å²) in [5.74, 6) is 0.200. The van der Waals surface area contributed by atoms with Gasteiger partial charge in [-0.1, -0.05) is 17.7 Å². The Kier molecular flexibility index (Phi) is 4.08. The molecule has 2 aromatic carbocycles. The fourth-order valence-electron chi connectivity index (χ4n) is 3.30. The van der Waals surface area contributed by atoms with E-state index in [1.807, 2.05) is 24.3 Å². The van der Waals surface area contributed by atoms with Gasteiger partial charge in [-0.25, -0.2) is 0 Å². The van der Waals surface area contributed by atoms with E-state index in [1.54, 1.807) is 12.3 Å². The molecule has 0 unspecified atom stereocenters. The smallest absolute Gasteiger partial charge is 0.175 e. The number of phenols is 1. The Morgan fingerprint density at radius 3 is 2.46 bits per heavy atom. The van der Waals surface area contributed by atoms with Gasteiger partial charge in [0.25, 0.3) is 0 Å². The maximum Gasteiger partial charge on any atom is 0.175 e. The van der Waals surface area contributed by atoms with Gasteiger partial charge in [0.1, 0.15) is 0 Å². The van der Waals surface area contributed by atoms with Crippen molar-refractivity contribution in [3.63, 3.8) is 0 Å². The van der Waals surface area contributed by atoms with Crippen LogP contribution in [-0.2, 0) is 6.54 Å². The molecule has 0 aliphatic carbocycles. The molecule has 2 heterocycles. The zero-order valence-electron chi connectivity index (χ0n) is 13.3. The van der Waals surface area contributed by atoms with Gasteiger partial charge >= 0.3 is 0 Å². The molecule has 1 aliphatic rings. The Morgan fingerprint density at radius 1 is 0.958 bits per heavy atom. The predicted molar refractivity (Wildman–Crippen MR) is 96.8 cm³/mol. The molecule has 4 rings (SSSR count). The molecule has 4 nitrogen and oxygen atoms in total. The number of halogens is 1. The number of hydrogen-bond donors (Lipinski definition) is 1. The molecule has 5 heteroatoms. The van der Waals surface area contributed by atoms with Crippen LogP contribution in [0, 0.1) is 0 Å². The summed E-state index contributed by atoms with van der Waals surface area (Å²) in [4.78, 5) is 4.82. The normalized spacial score (nSPS) is 16.0. The van der Waals surface area contributed by atoms with Crippen molar-refractivity contribution in [2.45, 2.75) is 6.54 Å². The van der Waals surface area contributed by atoms with E-state index in [9.17, 15) is 5.11 Å². The van der Waals surface area contributed by atoms with Crippen molar-refractivity contribution >= 4 is 28.3 Å². The van der Waals surface area contributed by atoms with Crippen molar-refractivity contribution in [3.8, 4) is 5.75 Å². The molecule has 0 spiro atoms. The van der Waals surface area contributed by atoms with Crippen molar-refractivity contribution < 1.29 is 9.52 Å². The van der Waals surface area contributed by atoms with Crippen LogP contribution < -0.4 is 4.90 Å². The number of phenolic OH excluding ortho intramolecular Hbond substituents is 1. The number of aromatic hydroxyl groups is 1. The monoisotopic (exact) mass is 342 g/mol. The SMILES string of the molecule is Oc1ccc(CN2CCN(c3ccc(Cl)cc3)CC2)c2ccoc12. The summed E-state index contributed by atoms with van der Waals surface area (Å²) in [6.45, 7) is 4.86. The Bertz CT molecular complexity index is 836. The van der Waals surface area contributed by atoms with E-state index in [0.29, 0.717) is 5.58 Å². The minimum Gasteiger partial charge on any atom is -0.504 e. The van der Waals surface area contributed by atoms with Gasteiger partial charge in [0, 0.05) is 48.8 Å². The second kappa shape index (κ2) is 6.38. The highest BCUT2D eigenvalue weighted by Gasteiger charge is 2.18. The van der Waals surface area contributed by atoms with E-state index in [2.05, 4.69) is 21.9 Å². The first-order valence-corrected chi connectivity index (χ1v) is 8.49. The molecular formula is C19H19ClN2O2. The maximum atomic E-state index is 9.85. The lowest BCUT2D eigenvalue weighted by atomic mass is 10.1. The lowest BCUT2D eigenvalue weighted by Crippen LogP contribution is -2.45. The fraction of sp³-hybridized carbons (Fsp3) is 0.263. The van der Waals surface area contributed by atoms with E-state index in [0.717, 1.165) is 43.1 Å². The molecule has 3 aromatic rings. The topological polar surface area (TPSA) is 39.9 Å². The van der Waals surface area contributed by atoms with E-state index in [1.165, 1.54) is 11.3 Å².